The fourth-order valence-electron chi connectivity index (χ4n) is 4.23. The van der Waals surface area contributed by atoms with Gasteiger partial charge in [-0.3, -0.25) is 9.69 Å². The lowest BCUT2D eigenvalue weighted by Gasteiger charge is -2.36. The van der Waals surface area contributed by atoms with Crippen molar-refractivity contribution in [1.29, 1.82) is 5.26 Å². The summed E-state index contributed by atoms with van der Waals surface area (Å²) in [5.41, 5.74) is 4.05. The van der Waals surface area contributed by atoms with E-state index in [1.165, 1.54) is 5.69 Å². The molecule has 1 saturated heterocycles. The molecule has 166 valence electrons. The van der Waals surface area contributed by atoms with Gasteiger partial charge in [-0.05, 0) is 42.7 Å². The fourth-order valence-corrected chi connectivity index (χ4v) is 4.23. The van der Waals surface area contributed by atoms with Crippen LogP contribution in [0.5, 0.6) is 0 Å². The molecule has 1 aliphatic rings. The molecule has 7 heteroatoms. The molecule has 7 nitrogen and oxygen atoms in total. The molecule has 0 N–H and O–H groups in total. The van der Waals surface area contributed by atoms with Gasteiger partial charge in [0.05, 0.1) is 0 Å². The van der Waals surface area contributed by atoms with Crippen molar-refractivity contribution in [2.24, 2.45) is 5.41 Å². The summed E-state index contributed by atoms with van der Waals surface area (Å²) >= 11 is 0. The Kier molecular flexibility index (Phi) is 5.98. The molecule has 0 spiro atoms. The molecule has 0 radical (unpaired) electrons. The minimum Gasteiger partial charge on any atom is -0.369 e. The van der Waals surface area contributed by atoms with Crippen LogP contribution >= 0.6 is 0 Å². The van der Waals surface area contributed by atoms with E-state index < -0.39 is 0 Å². The van der Waals surface area contributed by atoms with E-state index in [9.17, 15) is 10.1 Å². The van der Waals surface area contributed by atoms with Crippen molar-refractivity contribution < 1.29 is 4.79 Å². The first-order chi connectivity index (χ1) is 15.2. The number of rotatable bonds is 5. The van der Waals surface area contributed by atoms with E-state index >= 15 is 0 Å². The second-order valence-electron chi connectivity index (χ2n) is 9.73. The maximum Gasteiger partial charge on any atom is 0.234 e. The standard InChI is InChI=1S/C25H30N6O/c1-18(32)19-5-7-21(8-6-19)30-11-9-29(10-12-30)16-22-13-20-15-27-23(14-26)28-24(20)31(22)17-25(2,3)4/h5-8,13,15H,9-12,16-17H2,1-4H3. The first-order valence-electron chi connectivity index (χ1n) is 11.1. The quantitative estimate of drug-likeness (QED) is 0.572. The number of piperazine rings is 1. The lowest BCUT2D eigenvalue weighted by molar-refractivity contribution is 0.101. The Morgan fingerprint density at radius 3 is 2.41 bits per heavy atom. The third-order valence-corrected chi connectivity index (χ3v) is 5.85. The van der Waals surface area contributed by atoms with Gasteiger partial charge in [0.1, 0.15) is 11.7 Å². The van der Waals surface area contributed by atoms with Gasteiger partial charge in [0, 0.05) is 67.8 Å². The molecule has 4 rings (SSSR count). The number of fused-ring (bicyclic) bond motifs is 1. The lowest BCUT2D eigenvalue weighted by Crippen LogP contribution is -2.46. The van der Waals surface area contributed by atoms with Crippen LogP contribution in [0.3, 0.4) is 0 Å². The van der Waals surface area contributed by atoms with Crippen molar-refractivity contribution in [3.8, 4) is 6.07 Å². The number of carbonyl (C=O) groups excluding carboxylic acids is 1. The Balaban J connectivity index is 1.50. The number of hydrogen-bond donors (Lipinski definition) is 0. The lowest BCUT2D eigenvalue weighted by atomic mass is 9.97. The number of carbonyl (C=O) groups is 1. The Labute approximate surface area is 189 Å². The molecule has 1 aromatic carbocycles. The average Bonchev–Trinajstić information content (AvgIpc) is 3.09. The second kappa shape index (κ2) is 8.71. The molecule has 0 saturated carbocycles. The van der Waals surface area contributed by atoms with Crippen molar-refractivity contribution in [1.82, 2.24) is 19.4 Å². The molecule has 32 heavy (non-hydrogen) atoms. The average molecular weight is 431 g/mol. The topological polar surface area (TPSA) is 78.1 Å². The first kappa shape index (κ1) is 22.0. The summed E-state index contributed by atoms with van der Waals surface area (Å²) in [4.78, 5) is 25.0. The van der Waals surface area contributed by atoms with Gasteiger partial charge >= 0.3 is 0 Å². The molecule has 0 bridgehead atoms. The Hall–Kier alpha value is -3.24. The van der Waals surface area contributed by atoms with E-state index in [-0.39, 0.29) is 17.0 Å². The number of hydrogen-bond acceptors (Lipinski definition) is 6. The zero-order valence-corrected chi connectivity index (χ0v) is 19.3. The Morgan fingerprint density at radius 2 is 1.81 bits per heavy atom. The maximum atomic E-state index is 11.5. The summed E-state index contributed by atoms with van der Waals surface area (Å²) in [6, 6.07) is 12.1. The largest absolute Gasteiger partial charge is 0.369 e. The Morgan fingerprint density at radius 1 is 1.12 bits per heavy atom. The molecule has 3 heterocycles. The fraction of sp³-hybridized carbons (Fsp3) is 0.440. The zero-order chi connectivity index (χ0) is 22.9. The van der Waals surface area contributed by atoms with Crippen molar-refractivity contribution in [3.05, 3.63) is 53.6 Å². The van der Waals surface area contributed by atoms with Crippen molar-refractivity contribution in [3.63, 3.8) is 0 Å². The van der Waals surface area contributed by atoms with Crippen molar-refractivity contribution in [2.45, 2.75) is 40.8 Å². The number of nitriles is 1. The number of anilines is 1. The van der Waals surface area contributed by atoms with Gasteiger partial charge in [-0.25, -0.2) is 9.97 Å². The third-order valence-electron chi connectivity index (χ3n) is 5.85. The van der Waals surface area contributed by atoms with E-state index in [0.29, 0.717) is 0 Å². The van der Waals surface area contributed by atoms with E-state index in [2.05, 4.69) is 57.2 Å². The number of Topliss-reactive ketones (excluding diaryl/α,β-unsaturated/α-hetero) is 1. The van der Waals surface area contributed by atoms with Crippen LogP contribution in [-0.4, -0.2) is 51.4 Å². The number of aromatic nitrogens is 3. The molecule has 1 fully saturated rings. The van der Waals surface area contributed by atoms with Crippen LogP contribution in [0.25, 0.3) is 11.0 Å². The second-order valence-corrected chi connectivity index (χ2v) is 9.73. The highest BCUT2D eigenvalue weighted by Gasteiger charge is 2.22. The normalized spacial score (nSPS) is 15.2. The van der Waals surface area contributed by atoms with Crippen molar-refractivity contribution in [2.75, 3.05) is 31.1 Å². The van der Waals surface area contributed by atoms with Gasteiger partial charge in [-0.2, -0.15) is 5.26 Å². The molecule has 0 amide bonds. The predicted octanol–water partition coefficient (Wildman–Crippen LogP) is 3.87. The van der Waals surface area contributed by atoms with Gasteiger partial charge in [-0.15, -0.1) is 0 Å². The van der Waals surface area contributed by atoms with Gasteiger partial charge < -0.3 is 9.47 Å². The summed E-state index contributed by atoms with van der Waals surface area (Å²) in [6.45, 7) is 13.7. The minimum atomic E-state index is 0.0865. The van der Waals surface area contributed by atoms with Crippen LogP contribution in [0.2, 0.25) is 0 Å². The number of nitrogens with zero attached hydrogens (tertiary/aromatic N) is 6. The minimum absolute atomic E-state index is 0.0865. The van der Waals surface area contributed by atoms with Crippen LogP contribution in [0.4, 0.5) is 5.69 Å². The summed E-state index contributed by atoms with van der Waals surface area (Å²) in [7, 11) is 0. The van der Waals surface area contributed by atoms with Crippen LogP contribution in [0, 0.1) is 16.7 Å². The van der Waals surface area contributed by atoms with Gasteiger partial charge in [0.15, 0.2) is 5.78 Å². The molecular weight excluding hydrogens is 400 g/mol. The summed E-state index contributed by atoms with van der Waals surface area (Å²) < 4.78 is 2.25. The Bertz CT molecular complexity index is 1160. The van der Waals surface area contributed by atoms with Gasteiger partial charge in [-0.1, -0.05) is 20.8 Å². The first-order valence-corrected chi connectivity index (χ1v) is 11.1. The van der Waals surface area contributed by atoms with Crippen molar-refractivity contribution >= 4 is 22.5 Å². The van der Waals surface area contributed by atoms with Crippen LogP contribution in [-0.2, 0) is 13.1 Å². The van der Waals surface area contributed by atoms with Crippen LogP contribution in [0.15, 0.2) is 36.5 Å². The number of benzene rings is 1. The third kappa shape index (κ3) is 4.81. The molecule has 2 aromatic heterocycles. The molecule has 0 aliphatic carbocycles. The van der Waals surface area contributed by atoms with Crippen LogP contribution < -0.4 is 4.90 Å². The van der Waals surface area contributed by atoms with Gasteiger partial charge in [0.25, 0.3) is 0 Å². The smallest absolute Gasteiger partial charge is 0.234 e. The number of ketones is 1. The van der Waals surface area contributed by atoms with E-state index in [1.54, 1.807) is 13.1 Å². The van der Waals surface area contributed by atoms with E-state index in [0.717, 1.165) is 61.6 Å². The van der Waals surface area contributed by atoms with Gasteiger partial charge in [0.2, 0.25) is 5.82 Å². The SMILES string of the molecule is CC(=O)c1ccc(N2CCN(Cc3cc4cnc(C#N)nc4n3CC(C)(C)C)CC2)cc1. The summed E-state index contributed by atoms with van der Waals surface area (Å²) in [6.07, 6.45) is 1.76. The van der Waals surface area contributed by atoms with Crippen LogP contribution in [0.1, 0.15) is 49.6 Å². The maximum absolute atomic E-state index is 11.5. The van der Waals surface area contributed by atoms with E-state index in [1.807, 2.05) is 24.3 Å². The highest BCUT2D eigenvalue weighted by molar-refractivity contribution is 5.94. The predicted molar refractivity (Wildman–Crippen MR) is 126 cm³/mol. The highest BCUT2D eigenvalue weighted by atomic mass is 16.1. The molecule has 0 atom stereocenters. The molecule has 0 unspecified atom stereocenters. The molecule has 1 aliphatic heterocycles. The molecule has 3 aromatic rings. The summed E-state index contributed by atoms with van der Waals surface area (Å²) in [5, 5.41) is 10.2. The van der Waals surface area contributed by atoms with E-state index in [4.69, 9.17) is 0 Å². The molecular formula is C25H30N6O. The monoisotopic (exact) mass is 430 g/mol. The zero-order valence-electron chi connectivity index (χ0n) is 19.3. The summed E-state index contributed by atoms with van der Waals surface area (Å²) in [5.74, 6) is 0.306. The highest BCUT2D eigenvalue weighted by Crippen LogP contribution is 2.26.